The van der Waals surface area contributed by atoms with Crippen LogP contribution in [0.5, 0.6) is 0 Å². The Kier molecular flexibility index (Phi) is 3.72. The van der Waals surface area contributed by atoms with Crippen molar-refractivity contribution >= 4 is 11.9 Å². The Labute approximate surface area is 85.1 Å². The van der Waals surface area contributed by atoms with Crippen molar-refractivity contribution in [2.45, 2.75) is 25.8 Å². The van der Waals surface area contributed by atoms with E-state index in [0.717, 1.165) is 0 Å². The third-order valence-corrected chi connectivity index (χ3v) is 1.75. The molecule has 0 radical (unpaired) electrons. The molecule has 0 fully saturated rings. The lowest BCUT2D eigenvalue weighted by molar-refractivity contribution is -0.141. The predicted molar refractivity (Wildman–Crippen MR) is 47.7 cm³/mol. The number of H-pyrrole nitrogens is 1. The predicted octanol–water partition coefficient (Wildman–Crippen LogP) is -1.28. The molecule has 0 aliphatic carbocycles. The first-order valence-electron chi connectivity index (χ1n) is 4.38. The third kappa shape index (κ3) is 3.33. The molecule has 1 heterocycles. The Morgan fingerprint density at radius 2 is 2.33 bits per heavy atom. The van der Waals surface area contributed by atoms with Gasteiger partial charge in [0.05, 0.1) is 6.42 Å². The van der Waals surface area contributed by atoms with E-state index < -0.39 is 17.9 Å². The van der Waals surface area contributed by atoms with Crippen LogP contribution in [0.4, 0.5) is 0 Å². The first kappa shape index (κ1) is 11.1. The van der Waals surface area contributed by atoms with Crippen molar-refractivity contribution in [3.05, 3.63) is 5.82 Å². The number of nitrogens with zero attached hydrogens (tertiary/aromatic N) is 3. The standard InChI is InChI=1S/C7H11N5O3/c1-2-4(7(14)15)8-6(13)3-5-9-11-12-10-5/h4H,2-3H2,1H3,(H,8,13)(H,14,15)(H,9,10,11,12). The first-order valence-corrected chi connectivity index (χ1v) is 4.38. The molecule has 1 aromatic heterocycles. The van der Waals surface area contributed by atoms with Gasteiger partial charge in [-0.05, 0) is 6.42 Å². The van der Waals surface area contributed by atoms with E-state index in [1.807, 2.05) is 0 Å². The minimum absolute atomic E-state index is 0.0831. The van der Waals surface area contributed by atoms with Gasteiger partial charge in [0.25, 0.3) is 0 Å². The zero-order chi connectivity index (χ0) is 11.3. The second-order valence-electron chi connectivity index (χ2n) is 2.87. The number of carboxylic acid groups (broad SMARTS) is 1. The van der Waals surface area contributed by atoms with E-state index in [4.69, 9.17) is 5.11 Å². The summed E-state index contributed by atoms with van der Waals surface area (Å²) in [6.45, 7) is 1.67. The van der Waals surface area contributed by atoms with Gasteiger partial charge < -0.3 is 10.4 Å². The zero-order valence-electron chi connectivity index (χ0n) is 8.10. The van der Waals surface area contributed by atoms with Crippen LogP contribution in [0.3, 0.4) is 0 Å². The molecule has 0 bridgehead atoms. The average molecular weight is 213 g/mol. The van der Waals surface area contributed by atoms with Gasteiger partial charge in [-0.25, -0.2) is 4.79 Å². The van der Waals surface area contributed by atoms with Crippen molar-refractivity contribution in [3.63, 3.8) is 0 Å². The van der Waals surface area contributed by atoms with E-state index in [1.54, 1.807) is 6.92 Å². The Bertz CT molecular complexity index is 336. The van der Waals surface area contributed by atoms with Crippen molar-refractivity contribution in [1.82, 2.24) is 25.9 Å². The fourth-order valence-electron chi connectivity index (χ4n) is 0.985. The van der Waals surface area contributed by atoms with Gasteiger partial charge in [-0.15, -0.1) is 10.2 Å². The molecular weight excluding hydrogens is 202 g/mol. The van der Waals surface area contributed by atoms with E-state index in [9.17, 15) is 9.59 Å². The number of rotatable bonds is 5. The fraction of sp³-hybridized carbons (Fsp3) is 0.571. The summed E-state index contributed by atoms with van der Waals surface area (Å²) >= 11 is 0. The van der Waals surface area contributed by atoms with Crippen molar-refractivity contribution in [2.75, 3.05) is 0 Å². The molecule has 15 heavy (non-hydrogen) atoms. The molecule has 1 atom stereocenters. The molecule has 0 saturated carbocycles. The molecule has 1 amide bonds. The van der Waals surface area contributed by atoms with Crippen LogP contribution in [-0.2, 0) is 16.0 Å². The normalized spacial score (nSPS) is 12.1. The number of amides is 1. The number of aliphatic carboxylic acids is 1. The average Bonchev–Trinajstić information content (AvgIpc) is 2.66. The number of hydrogen-bond donors (Lipinski definition) is 3. The summed E-state index contributed by atoms with van der Waals surface area (Å²) in [5.74, 6) is -1.27. The van der Waals surface area contributed by atoms with Gasteiger partial charge in [-0.1, -0.05) is 12.1 Å². The summed E-state index contributed by atoms with van der Waals surface area (Å²) in [5, 5.41) is 23.7. The highest BCUT2D eigenvalue weighted by atomic mass is 16.4. The van der Waals surface area contributed by atoms with Crippen LogP contribution < -0.4 is 5.32 Å². The molecule has 3 N–H and O–H groups in total. The van der Waals surface area contributed by atoms with Crippen molar-refractivity contribution in [3.8, 4) is 0 Å². The molecule has 0 aromatic carbocycles. The number of carbonyl (C=O) groups is 2. The molecule has 82 valence electrons. The minimum Gasteiger partial charge on any atom is -0.480 e. The highest BCUT2D eigenvalue weighted by Crippen LogP contribution is 1.93. The minimum atomic E-state index is -1.06. The van der Waals surface area contributed by atoms with Gasteiger partial charge in [0.2, 0.25) is 5.91 Å². The van der Waals surface area contributed by atoms with Gasteiger partial charge in [-0.2, -0.15) is 5.21 Å². The third-order valence-electron chi connectivity index (χ3n) is 1.75. The summed E-state index contributed by atoms with van der Waals surface area (Å²) in [4.78, 5) is 21.9. The summed E-state index contributed by atoms with van der Waals surface area (Å²) in [7, 11) is 0. The van der Waals surface area contributed by atoms with E-state index in [2.05, 4.69) is 25.9 Å². The Morgan fingerprint density at radius 1 is 1.60 bits per heavy atom. The fourth-order valence-corrected chi connectivity index (χ4v) is 0.985. The van der Waals surface area contributed by atoms with E-state index in [1.165, 1.54) is 0 Å². The van der Waals surface area contributed by atoms with E-state index >= 15 is 0 Å². The van der Waals surface area contributed by atoms with Crippen molar-refractivity contribution in [2.24, 2.45) is 0 Å². The lowest BCUT2D eigenvalue weighted by Crippen LogP contribution is -2.41. The molecule has 0 saturated heterocycles. The summed E-state index contributed by atoms with van der Waals surface area (Å²) in [5.41, 5.74) is 0. The van der Waals surface area contributed by atoms with Crippen LogP contribution in [-0.4, -0.2) is 43.6 Å². The van der Waals surface area contributed by atoms with Crippen molar-refractivity contribution < 1.29 is 14.7 Å². The molecule has 0 aliphatic heterocycles. The topological polar surface area (TPSA) is 121 Å². The monoisotopic (exact) mass is 213 g/mol. The molecule has 8 heteroatoms. The van der Waals surface area contributed by atoms with E-state index in [0.29, 0.717) is 6.42 Å². The first-order chi connectivity index (χ1) is 7.13. The quantitative estimate of drug-likeness (QED) is 0.560. The molecule has 8 nitrogen and oxygen atoms in total. The van der Waals surface area contributed by atoms with Gasteiger partial charge >= 0.3 is 5.97 Å². The highest BCUT2D eigenvalue weighted by molar-refractivity contribution is 5.84. The van der Waals surface area contributed by atoms with E-state index in [-0.39, 0.29) is 12.2 Å². The summed E-state index contributed by atoms with van der Waals surface area (Å²) in [6.07, 6.45) is 0.244. The summed E-state index contributed by atoms with van der Waals surface area (Å²) in [6, 6.07) is -0.871. The number of carboxylic acids is 1. The van der Waals surface area contributed by atoms with Crippen LogP contribution in [0.1, 0.15) is 19.2 Å². The second kappa shape index (κ2) is 5.03. The number of nitrogens with one attached hydrogen (secondary N) is 2. The second-order valence-corrected chi connectivity index (χ2v) is 2.87. The van der Waals surface area contributed by atoms with Gasteiger partial charge in [0.15, 0.2) is 5.82 Å². The van der Waals surface area contributed by atoms with Gasteiger partial charge in [0.1, 0.15) is 6.04 Å². The van der Waals surface area contributed by atoms with Crippen LogP contribution in [0.15, 0.2) is 0 Å². The van der Waals surface area contributed by atoms with Crippen molar-refractivity contribution in [1.29, 1.82) is 0 Å². The maximum atomic E-state index is 11.3. The lowest BCUT2D eigenvalue weighted by Gasteiger charge is -2.10. The maximum absolute atomic E-state index is 11.3. The Hall–Kier alpha value is -1.99. The molecule has 0 spiro atoms. The molecular formula is C7H11N5O3. The van der Waals surface area contributed by atoms with Crippen LogP contribution >= 0.6 is 0 Å². The molecule has 0 aliphatic rings. The molecule has 1 rings (SSSR count). The summed E-state index contributed by atoms with van der Waals surface area (Å²) < 4.78 is 0. The number of hydrogen-bond acceptors (Lipinski definition) is 5. The Balaban J connectivity index is 2.45. The zero-order valence-corrected chi connectivity index (χ0v) is 8.10. The van der Waals surface area contributed by atoms with Crippen LogP contribution in [0.2, 0.25) is 0 Å². The van der Waals surface area contributed by atoms with Gasteiger partial charge in [-0.3, -0.25) is 4.79 Å². The van der Waals surface area contributed by atoms with Gasteiger partial charge in [0, 0.05) is 0 Å². The number of aromatic nitrogens is 4. The molecule has 1 aromatic rings. The van der Waals surface area contributed by atoms with Crippen LogP contribution in [0, 0.1) is 0 Å². The number of aromatic amines is 1. The molecule has 1 unspecified atom stereocenters. The SMILES string of the molecule is CCC(NC(=O)Cc1nn[nH]n1)C(=O)O. The maximum Gasteiger partial charge on any atom is 0.326 e. The largest absolute Gasteiger partial charge is 0.480 e. The smallest absolute Gasteiger partial charge is 0.326 e. The number of tetrazole rings is 1. The van der Waals surface area contributed by atoms with Crippen LogP contribution in [0.25, 0.3) is 0 Å². The highest BCUT2D eigenvalue weighted by Gasteiger charge is 2.18. The lowest BCUT2D eigenvalue weighted by atomic mass is 10.2. The number of carbonyl (C=O) groups excluding carboxylic acids is 1. The Morgan fingerprint density at radius 3 is 2.80 bits per heavy atom.